The summed E-state index contributed by atoms with van der Waals surface area (Å²) in [6.45, 7) is 3.01. The van der Waals surface area contributed by atoms with Gasteiger partial charge >= 0.3 is 5.97 Å². The van der Waals surface area contributed by atoms with E-state index < -0.39 is 43.1 Å². The van der Waals surface area contributed by atoms with Gasteiger partial charge in [-0.15, -0.1) is 0 Å². The summed E-state index contributed by atoms with van der Waals surface area (Å²) < 4.78 is 64.1. The maximum atomic E-state index is 13.1. The number of nitrogens with one attached hydrogen (secondary N) is 1. The molecule has 12 heteroatoms. The Morgan fingerprint density at radius 3 is 2.38 bits per heavy atom. The molecule has 2 aromatic rings. The molecule has 3 rings (SSSR count). The largest absolute Gasteiger partial charge is 0.495 e. The van der Waals surface area contributed by atoms with Crippen molar-refractivity contribution in [1.29, 1.82) is 0 Å². The number of amides is 1. The molecule has 1 fully saturated rings. The van der Waals surface area contributed by atoms with Crippen molar-refractivity contribution in [2.75, 3.05) is 29.0 Å². The average Bonchev–Trinajstić information content (AvgIpc) is 2.88. The first-order chi connectivity index (χ1) is 14.8. The molecule has 32 heavy (non-hydrogen) atoms. The van der Waals surface area contributed by atoms with Gasteiger partial charge in [-0.1, -0.05) is 6.07 Å². The molecule has 0 radical (unpaired) electrons. The lowest BCUT2D eigenvalue weighted by molar-refractivity contribution is -0.123. The standard InChI is InChI=1S/C20H22N2O8S2/c1-20(2)12-31(25,26)22(19(20)24)15-8-9-16(29-3)17(11-15)32(27,28)21-14-7-5-6-13(10-14)18(23)30-4/h5-11,21H,12H2,1-4H3. The summed E-state index contributed by atoms with van der Waals surface area (Å²) in [5.74, 6) is -1.77. The van der Waals surface area contributed by atoms with Crippen LogP contribution in [0.5, 0.6) is 5.75 Å². The zero-order valence-corrected chi connectivity index (χ0v) is 19.4. The monoisotopic (exact) mass is 482 g/mol. The predicted molar refractivity (Wildman–Crippen MR) is 117 cm³/mol. The van der Waals surface area contributed by atoms with Gasteiger partial charge in [-0.3, -0.25) is 9.52 Å². The fourth-order valence-corrected chi connectivity index (χ4v) is 6.64. The Balaban J connectivity index is 2.06. The minimum Gasteiger partial charge on any atom is -0.495 e. The molecule has 0 aliphatic carbocycles. The van der Waals surface area contributed by atoms with Crippen LogP contribution in [0.15, 0.2) is 47.4 Å². The number of carbonyl (C=O) groups is 2. The van der Waals surface area contributed by atoms with Crippen molar-refractivity contribution in [3.8, 4) is 5.75 Å². The van der Waals surface area contributed by atoms with E-state index in [2.05, 4.69) is 9.46 Å². The molecule has 1 N–H and O–H groups in total. The van der Waals surface area contributed by atoms with E-state index >= 15 is 0 Å². The fourth-order valence-electron chi connectivity index (χ4n) is 3.30. The number of rotatable bonds is 6. The second-order valence-electron chi connectivity index (χ2n) is 7.72. The average molecular weight is 483 g/mol. The number of esters is 1. The number of sulfonamides is 2. The second kappa shape index (κ2) is 8.10. The van der Waals surface area contributed by atoms with Gasteiger partial charge in [0.05, 0.1) is 36.6 Å². The highest BCUT2D eigenvalue weighted by atomic mass is 32.2. The van der Waals surface area contributed by atoms with Gasteiger partial charge in [0.15, 0.2) is 0 Å². The molecule has 1 amide bonds. The lowest BCUT2D eigenvalue weighted by Gasteiger charge is -2.19. The Morgan fingerprint density at radius 2 is 1.81 bits per heavy atom. The van der Waals surface area contributed by atoms with Crippen molar-refractivity contribution in [3.63, 3.8) is 0 Å². The van der Waals surface area contributed by atoms with Crippen LogP contribution in [0.4, 0.5) is 11.4 Å². The molecule has 0 saturated carbocycles. The van der Waals surface area contributed by atoms with Crippen molar-refractivity contribution in [2.45, 2.75) is 18.7 Å². The van der Waals surface area contributed by atoms with Gasteiger partial charge in [-0.05, 0) is 50.2 Å². The molecule has 0 atom stereocenters. The molecule has 2 aromatic carbocycles. The Hall–Kier alpha value is -3.12. The third-order valence-corrected chi connectivity index (χ3v) is 8.21. The molecular formula is C20H22N2O8S2. The Labute approximate surface area is 186 Å². The van der Waals surface area contributed by atoms with Crippen LogP contribution in [0.2, 0.25) is 0 Å². The minimum absolute atomic E-state index is 0.0614. The van der Waals surface area contributed by atoms with Crippen LogP contribution in [-0.2, 0) is 29.6 Å². The highest BCUT2D eigenvalue weighted by Gasteiger charge is 2.50. The van der Waals surface area contributed by atoms with Gasteiger partial charge < -0.3 is 9.47 Å². The van der Waals surface area contributed by atoms with Crippen LogP contribution < -0.4 is 13.8 Å². The van der Waals surface area contributed by atoms with Gasteiger partial charge in [-0.25, -0.2) is 25.9 Å². The summed E-state index contributed by atoms with van der Waals surface area (Å²) in [6.07, 6.45) is 0. The number of ether oxygens (including phenoxy) is 2. The van der Waals surface area contributed by atoms with Crippen molar-refractivity contribution in [3.05, 3.63) is 48.0 Å². The van der Waals surface area contributed by atoms with Crippen LogP contribution in [0, 0.1) is 5.41 Å². The molecule has 1 aliphatic rings. The Kier molecular flexibility index (Phi) is 5.96. The molecule has 1 heterocycles. The van der Waals surface area contributed by atoms with Crippen LogP contribution in [-0.4, -0.2) is 48.7 Å². The van der Waals surface area contributed by atoms with E-state index in [-0.39, 0.29) is 27.6 Å². The number of hydrogen-bond donors (Lipinski definition) is 1. The number of carbonyl (C=O) groups excluding carboxylic acids is 2. The maximum absolute atomic E-state index is 13.1. The number of hydrogen-bond acceptors (Lipinski definition) is 8. The molecule has 172 valence electrons. The van der Waals surface area contributed by atoms with Crippen molar-refractivity contribution >= 4 is 43.3 Å². The molecule has 10 nitrogen and oxygen atoms in total. The number of benzene rings is 2. The zero-order chi connectivity index (χ0) is 23.9. The minimum atomic E-state index is -4.30. The van der Waals surface area contributed by atoms with Crippen LogP contribution in [0.1, 0.15) is 24.2 Å². The van der Waals surface area contributed by atoms with Gasteiger partial charge in [0.2, 0.25) is 15.9 Å². The van der Waals surface area contributed by atoms with Crippen LogP contribution >= 0.6 is 0 Å². The summed E-state index contributed by atoms with van der Waals surface area (Å²) in [4.78, 5) is 24.0. The van der Waals surface area contributed by atoms with Gasteiger partial charge in [-0.2, -0.15) is 0 Å². The van der Waals surface area contributed by atoms with E-state index in [1.165, 1.54) is 64.5 Å². The van der Waals surface area contributed by atoms with Gasteiger partial charge in [0.1, 0.15) is 10.6 Å². The first-order valence-electron chi connectivity index (χ1n) is 9.29. The SMILES string of the molecule is COC(=O)c1cccc(NS(=O)(=O)c2cc(N3C(=O)C(C)(C)CS3(=O)=O)ccc2OC)c1. The normalized spacial score (nSPS) is 17.1. The molecule has 0 bridgehead atoms. The smallest absolute Gasteiger partial charge is 0.337 e. The number of nitrogens with zero attached hydrogens (tertiary/aromatic N) is 1. The van der Waals surface area contributed by atoms with Crippen molar-refractivity contribution < 1.29 is 35.9 Å². The Morgan fingerprint density at radius 1 is 1.12 bits per heavy atom. The second-order valence-corrected chi connectivity index (χ2v) is 11.2. The van der Waals surface area contributed by atoms with E-state index in [4.69, 9.17) is 4.74 Å². The molecule has 1 saturated heterocycles. The highest BCUT2D eigenvalue weighted by Crippen LogP contribution is 2.38. The molecule has 0 unspecified atom stereocenters. The number of anilines is 2. The van der Waals surface area contributed by atoms with Gasteiger partial charge in [0, 0.05) is 5.69 Å². The molecule has 1 aliphatic heterocycles. The van der Waals surface area contributed by atoms with Crippen molar-refractivity contribution in [1.82, 2.24) is 0 Å². The van der Waals surface area contributed by atoms with E-state index in [1.54, 1.807) is 0 Å². The van der Waals surface area contributed by atoms with E-state index in [0.29, 0.717) is 4.31 Å². The highest BCUT2D eigenvalue weighted by molar-refractivity contribution is 7.94. The quantitative estimate of drug-likeness (QED) is 0.618. The Bertz CT molecular complexity index is 1300. The van der Waals surface area contributed by atoms with E-state index in [0.717, 1.165) is 6.07 Å². The third kappa shape index (κ3) is 4.28. The first-order valence-corrected chi connectivity index (χ1v) is 12.4. The third-order valence-electron chi connectivity index (χ3n) is 4.79. The molecule has 0 aromatic heterocycles. The zero-order valence-electron chi connectivity index (χ0n) is 17.8. The lowest BCUT2D eigenvalue weighted by atomic mass is 9.95. The predicted octanol–water partition coefficient (Wildman–Crippen LogP) is 1.99. The summed E-state index contributed by atoms with van der Waals surface area (Å²) >= 11 is 0. The summed E-state index contributed by atoms with van der Waals surface area (Å²) in [7, 11) is -5.82. The summed E-state index contributed by atoms with van der Waals surface area (Å²) in [5, 5.41) is 0. The van der Waals surface area contributed by atoms with Crippen LogP contribution in [0.3, 0.4) is 0 Å². The van der Waals surface area contributed by atoms with E-state index in [1.807, 2.05) is 0 Å². The molecular weight excluding hydrogens is 460 g/mol. The summed E-state index contributed by atoms with van der Waals surface area (Å²) in [6, 6.07) is 9.26. The van der Waals surface area contributed by atoms with Crippen LogP contribution in [0.25, 0.3) is 0 Å². The lowest BCUT2D eigenvalue weighted by Crippen LogP contribution is -2.33. The molecule has 0 spiro atoms. The van der Waals surface area contributed by atoms with E-state index in [9.17, 15) is 26.4 Å². The van der Waals surface area contributed by atoms with Crippen molar-refractivity contribution in [2.24, 2.45) is 5.41 Å². The van der Waals surface area contributed by atoms with Gasteiger partial charge in [0.25, 0.3) is 10.0 Å². The fraction of sp³-hybridized carbons (Fsp3) is 0.300. The number of methoxy groups -OCH3 is 2. The maximum Gasteiger partial charge on any atom is 0.337 e. The first kappa shape index (κ1) is 23.5. The topological polar surface area (TPSA) is 136 Å². The summed E-state index contributed by atoms with van der Waals surface area (Å²) in [5.41, 5.74) is -1.06.